The third-order valence-electron chi connectivity index (χ3n) is 2.64. The molecular formula is C9H10F2N2O5S. The van der Waals surface area contributed by atoms with Gasteiger partial charge in [0, 0.05) is 0 Å². The van der Waals surface area contributed by atoms with E-state index in [-0.39, 0.29) is 0 Å². The first-order chi connectivity index (χ1) is 9.49. The number of aliphatic hydroxyl groups is 3. The van der Waals surface area contributed by atoms with Crippen molar-refractivity contribution in [3.05, 3.63) is 27.1 Å². The molecule has 2 heterocycles. The van der Waals surface area contributed by atoms with Gasteiger partial charge in [-0.2, -0.15) is 4.39 Å². The summed E-state index contributed by atoms with van der Waals surface area (Å²) in [6.07, 6.45) is -5.90. The average molecular weight is 298 g/mol. The third kappa shape index (κ3) is 2.21. The third-order valence-corrected chi connectivity index (χ3v) is 2.95. The fourth-order valence-electron chi connectivity index (χ4n) is 1.65. The summed E-state index contributed by atoms with van der Waals surface area (Å²) < 4.78 is 45.9. The Labute approximate surface area is 112 Å². The number of rotatable bonds is 2. The topological polar surface area (TPSA) is 108 Å². The zero-order chi connectivity index (χ0) is 16.2. The van der Waals surface area contributed by atoms with E-state index < -0.39 is 47.0 Å². The molecule has 1 saturated heterocycles. The van der Waals surface area contributed by atoms with Crippen LogP contribution >= 0.6 is 12.2 Å². The van der Waals surface area contributed by atoms with Crippen LogP contribution in [0.2, 0.25) is 0 Å². The number of aromatic nitrogens is 2. The lowest BCUT2D eigenvalue weighted by molar-refractivity contribution is -0.207. The Balaban J connectivity index is 2.51. The molecule has 1 aromatic rings. The molecule has 4 N–H and O–H groups in total. The van der Waals surface area contributed by atoms with Crippen molar-refractivity contribution >= 4 is 12.2 Å². The summed E-state index contributed by atoms with van der Waals surface area (Å²) in [6, 6.07) is 0. The second kappa shape index (κ2) is 4.72. The van der Waals surface area contributed by atoms with Crippen molar-refractivity contribution in [2.45, 2.75) is 24.3 Å². The minimum absolute atomic E-state index is 0.458. The summed E-state index contributed by atoms with van der Waals surface area (Å²) in [5, 5.41) is 28.3. The standard InChI is InChI=1S/C9H10F2N2O5S/c10-3-1-13(8(19)12-6(3)17)7-4(15)5(16)9(11,2-14)18-7/h1,4-5,7,14-16H,2H2,(H,12,17,19)/t4-,5+,7-,9-/m1/s1/i2D2. The first kappa shape index (κ1) is 11.6. The molecule has 106 valence electrons. The molecule has 0 amide bonds. The first-order valence-corrected chi connectivity index (χ1v) is 5.36. The molecule has 19 heavy (non-hydrogen) atoms. The monoisotopic (exact) mass is 298 g/mol. The van der Waals surface area contributed by atoms with Gasteiger partial charge in [-0.15, -0.1) is 0 Å². The molecule has 1 fully saturated rings. The van der Waals surface area contributed by atoms with Crippen molar-refractivity contribution in [1.82, 2.24) is 9.55 Å². The number of ether oxygens (including phenoxy) is 1. The van der Waals surface area contributed by atoms with E-state index in [0.29, 0.717) is 10.8 Å². The van der Waals surface area contributed by atoms with Gasteiger partial charge in [0.25, 0.3) is 11.4 Å². The fraction of sp³-hybridized carbons (Fsp3) is 0.556. The van der Waals surface area contributed by atoms with Crippen molar-refractivity contribution in [3.8, 4) is 0 Å². The molecule has 0 saturated carbocycles. The van der Waals surface area contributed by atoms with Gasteiger partial charge in [-0.1, -0.05) is 0 Å². The van der Waals surface area contributed by atoms with Gasteiger partial charge in [-0.3, -0.25) is 14.3 Å². The van der Waals surface area contributed by atoms with Crippen molar-refractivity contribution in [3.63, 3.8) is 0 Å². The van der Waals surface area contributed by atoms with Crippen molar-refractivity contribution < 1.29 is 31.6 Å². The predicted molar refractivity (Wildman–Crippen MR) is 58.9 cm³/mol. The second-order valence-electron chi connectivity index (χ2n) is 3.84. The van der Waals surface area contributed by atoms with Crippen molar-refractivity contribution in [2.24, 2.45) is 0 Å². The minimum atomic E-state index is -3.67. The molecule has 1 aliphatic heterocycles. The molecule has 10 heteroatoms. The maximum absolute atomic E-state index is 14.2. The summed E-state index contributed by atoms with van der Waals surface area (Å²) >= 11 is 4.69. The lowest BCUT2D eigenvalue weighted by Crippen LogP contribution is -2.42. The smallest absolute Gasteiger partial charge is 0.287 e. The Kier molecular flexibility index (Phi) is 2.89. The van der Waals surface area contributed by atoms with Gasteiger partial charge < -0.3 is 20.1 Å². The molecule has 4 atom stereocenters. The van der Waals surface area contributed by atoms with E-state index in [0.717, 1.165) is 0 Å². The first-order valence-electron chi connectivity index (χ1n) is 5.95. The Bertz CT molecular complexity index is 677. The molecule has 0 spiro atoms. The highest BCUT2D eigenvalue weighted by atomic mass is 32.1. The number of hydrogen-bond donors (Lipinski definition) is 4. The van der Waals surface area contributed by atoms with E-state index in [9.17, 15) is 23.8 Å². The van der Waals surface area contributed by atoms with Crippen LogP contribution in [-0.2, 0) is 4.74 Å². The van der Waals surface area contributed by atoms with Crippen LogP contribution in [-0.4, -0.2) is 49.5 Å². The quantitative estimate of drug-likeness (QED) is 0.519. The molecule has 0 radical (unpaired) electrons. The lowest BCUT2D eigenvalue weighted by atomic mass is 10.1. The number of aromatic amines is 1. The van der Waals surface area contributed by atoms with Gasteiger partial charge >= 0.3 is 0 Å². The summed E-state index contributed by atoms with van der Waals surface area (Å²) in [5.74, 6) is -4.99. The van der Waals surface area contributed by atoms with Gasteiger partial charge in [0.15, 0.2) is 11.0 Å². The Hall–Kier alpha value is -1.20. The van der Waals surface area contributed by atoms with Crippen molar-refractivity contribution in [2.75, 3.05) is 6.56 Å². The average Bonchev–Trinajstić information content (AvgIpc) is 2.59. The van der Waals surface area contributed by atoms with Crippen molar-refractivity contribution in [1.29, 1.82) is 0 Å². The van der Waals surface area contributed by atoms with Gasteiger partial charge in [0.2, 0.25) is 5.82 Å². The van der Waals surface area contributed by atoms with E-state index in [1.54, 1.807) is 0 Å². The van der Waals surface area contributed by atoms with Crippen LogP contribution in [0.5, 0.6) is 0 Å². The van der Waals surface area contributed by atoms with E-state index >= 15 is 0 Å². The molecule has 0 bridgehead atoms. The lowest BCUT2D eigenvalue weighted by Gasteiger charge is -2.20. The van der Waals surface area contributed by atoms with Gasteiger partial charge in [0.05, 0.1) is 8.94 Å². The van der Waals surface area contributed by atoms with Crippen LogP contribution in [0.15, 0.2) is 11.0 Å². The molecule has 0 aromatic carbocycles. The summed E-state index contributed by atoms with van der Waals surface area (Å²) in [4.78, 5) is 12.9. The predicted octanol–water partition coefficient (Wildman–Crippen LogP) is -1.05. The Morgan fingerprint density at radius 2 is 2.32 bits per heavy atom. The van der Waals surface area contributed by atoms with Crippen LogP contribution in [0.3, 0.4) is 0 Å². The number of nitrogens with zero attached hydrogens (tertiary/aromatic N) is 1. The normalized spacial score (nSPS) is 37.0. The van der Waals surface area contributed by atoms with Gasteiger partial charge in [-0.05, 0) is 12.2 Å². The minimum Gasteiger partial charge on any atom is -0.390 e. The molecule has 0 unspecified atom stereocenters. The number of nitrogens with one attached hydrogen (secondary N) is 1. The number of H-pyrrole nitrogens is 1. The second-order valence-corrected chi connectivity index (χ2v) is 4.23. The van der Waals surface area contributed by atoms with Gasteiger partial charge in [0.1, 0.15) is 18.8 Å². The molecular weight excluding hydrogens is 286 g/mol. The van der Waals surface area contributed by atoms with E-state index in [4.69, 9.17) is 7.85 Å². The summed E-state index contributed by atoms with van der Waals surface area (Å²) in [7, 11) is 0. The maximum Gasteiger partial charge on any atom is 0.287 e. The molecule has 1 aromatic heterocycles. The van der Waals surface area contributed by atoms with E-state index in [1.165, 1.54) is 0 Å². The molecule has 7 nitrogen and oxygen atoms in total. The maximum atomic E-state index is 14.2. The van der Waals surface area contributed by atoms with Crippen LogP contribution in [0.25, 0.3) is 0 Å². The Morgan fingerprint density at radius 3 is 2.84 bits per heavy atom. The SMILES string of the molecule is [2H]C([2H])(O)[C@@]1(F)O[C@@H](n2cc(F)c(=O)[nH]c2=S)[C@H](O)[C@@H]1O. The van der Waals surface area contributed by atoms with Crippen LogP contribution < -0.4 is 5.56 Å². The number of halogens is 2. The van der Waals surface area contributed by atoms with Crippen LogP contribution in [0.4, 0.5) is 8.78 Å². The molecule has 1 aliphatic rings. The number of alkyl halides is 1. The summed E-state index contributed by atoms with van der Waals surface area (Å²) in [6.45, 7) is -3.65. The zero-order valence-corrected chi connectivity index (χ0v) is 9.90. The van der Waals surface area contributed by atoms with Gasteiger partial charge in [-0.25, -0.2) is 4.39 Å². The van der Waals surface area contributed by atoms with Crippen LogP contribution in [0, 0.1) is 10.6 Å². The van der Waals surface area contributed by atoms with E-state index in [2.05, 4.69) is 17.0 Å². The highest BCUT2D eigenvalue weighted by Crippen LogP contribution is 2.37. The van der Waals surface area contributed by atoms with E-state index in [1.807, 2.05) is 4.98 Å². The Morgan fingerprint density at radius 1 is 1.68 bits per heavy atom. The zero-order valence-electron chi connectivity index (χ0n) is 11.1. The molecule has 0 aliphatic carbocycles. The number of hydrogen-bond acceptors (Lipinski definition) is 6. The highest BCUT2D eigenvalue weighted by Gasteiger charge is 2.55. The van der Waals surface area contributed by atoms with Crippen LogP contribution in [0.1, 0.15) is 8.97 Å². The number of aliphatic hydroxyl groups excluding tert-OH is 2. The largest absolute Gasteiger partial charge is 0.390 e. The summed E-state index contributed by atoms with van der Waals surface area (Å²) in [5.41, 5.74) is -1.16. The fourth-order valence-corrected chi connectivity index (χ4v) is 1.90. The highest BCUT2D eigenvalue weighted by molar-refractivity contribution is 7.71. The molecule has 2 rings (SSSR count).